The van der Waals surface area contributed by atoms with Crippen LogP contribution in [0.2, 0.25) is 5.02 Å². The summed E-state index contributed by atoms with van der Waals surface area (Å²) < 4.78 is 19.5. The molecule has 0 aliphatic carbocycles. The monoisotopic (exact) mass is 309 g/mol. The molecule has 2 rings (SSSR count). The fourth-order valence-corrected chi connectivity index (χ4v) is 1.97. The zero-order valence-electron chi connectivity index (χ0n) is 12.2. The maximum atomic E-state index is 13.9. The number of benzene rings is 1. The van der Waals surface area contributed by atoms with Gasteiger partial charge in [-0.2, -0.15) is 4.98 Å². The number of anilines is 1. The van der Waals surface area contributed by atoms with E-state index in [2.05, 4.69) is 15.3 Å². The normalized spacial score (nSPS) is 10.5. The van der Waals surface area contributed by atoms with Crippen LogP contribution >= 0.6 is 11.6 Å². The highest BCUT2D eigenvalue weighted by Crippen LogP contribution is 2.31. The molecule has 0 atom stereocenters. The zero-order valence-corrected chi connectivity index (χ0v) is 13.0. The molecule has 0 saturated heterocycles. The Kier molecular flexibility index (Phi) is 4.96. The van der Waals surface area contributed by atoms with Gasteiger partial charge in [0.1, 0.15) is 11.6 Å². The lowest BCUT2D eigenvalue weighted by molar-refractivity contribution is 0.422. The third kappa shape index (κ3) is 3.42. The van der Waals surface area contributed by atoms with E-state index in [9.17, 15) is 4.39 Å². The van der Waals surface area contributed by atoms with E-state index in [1.165, 1.54) is 12.1 Å². The highest BCUT2D eigenvalue weighted by atomic mass is 35.5. The minimum atomic E-state index is -0.597. The summed E-state index contributed by atoms with van der Waals surface area (Å²) in [7, 11) is 0. The number of ether oxygens (including phenoxy) is 1. The molecule has 1 heterocycles. The van der Waals surface area contributed by atoms with Crippen LogP contribution < -0.4 is 10.1 Å². The lowest BCUT2D eigenvalue weighted by atomic mass is 10.3. The molecule has 2 aromatic rings. The molecule has 0 spiro atoms. The topological polar surface area (TPSA) is 47.0 Å². The third-order valence-corrected chi connectivity index (χ3v) is 3.22. The summed E-state index contributed by atoms with van der Waals surface area (Å²) >= 11 is 5.76. The Labute approximate surface area is 128 Å². The van der Waals surface area contributed by atoms with Crippen LogP contribution in [0.3, 0.4) is 0 Å². The Morgan fingerprint density at radius 3 is 2.71 bits per heavy atom. The Bertz CT molecular complexity index is 649. The van der Waals surface area contributed by atoms with E-state index in [0.29, 0.717) is 23.9 Å². The summed E-state index contributed by atoms with van der Waals surface area (Å²) in [5.41, 5.74) is 0.730. The van der Waals surface area contributed by atoms with Gasteiger partial charge in [-0.3, -0.25) is 0 Å². The SMILES string of the molecule is CCNc1nc(CC)nc(Oc2cccc(Cl)c2F)c1C. The lowest BCUT2D eigenvalue weighted by Crippen LogP contribution is -2.07. The lowest BCUT2D eigenvalue weighted by Gasteiger charge is -2.13. The van der Waals surface area contributed by atoms with E-state index in [-0.39, 0.29) is 10.8 Å². The van der Waals surface area contributed by atoms with Crippen molar-refractivity contribution in [3.05, 3.63) is 40.4 Å². The minimum Gasteiger partial charge on any atom is -0.435 e. The van der Waals surface area contributed by atoms with Crippen molar-refractivity contribution in [3.63, 3.8) is 0 Å². The number of halogens is 2. The number of rotatable bonds is 5. The van der Waals surface area contributed by atoms with Gasteiger partial charge < -0.3 is 10.1 Å². The van der Waals surface area contributed by atoms with Gasteiger partial charge in [0, 0.05) is 13.0 Å². The fourth-order valence-electron chi connectivity index (χ4n) is 1.80. The number of hydrogen-bond acceptors (Lipinski definition) is 4. The first kappa shape index (κ1) is 15.5. The van der Waals surface area contributed by atoms with E-state index in [4.69, 9.17) is 16.3 Å². The molecule has 21 heavy (non-hydrogen) atoms. The Morgan fingerprint density at radius 2 is 2.05 bits per heavy atom. The van der Waals surface area contributed by atoms with E-state index in [1.807, 2.05) is 20.8 Å². The number of hydrogen-bond donors (Lipinski definition) is 1. The van der Waals surface area contributed by atoms with Gasteiger partial charge in [-0.1, -0.05) is 24.6 Å². The highest BCUT2D eigenvalue weighted by Gasteiger charge is 2.15. The second-order valence-electron chi connectivity index (χ2n) is 4.46. The second kappa shape index (κ2) is 6.72. The first-order valence-electron chi connectivity index (χ1n) is 6.80. The zero-order chi connectivity index (χ0) is 15.4. The van der Waals surface area contributed by atoms with Crippen LogP contribution in [-0.4, -0.2) is 16.5 Å². The van der Waals surface area contributed by atoms with Gasteiger partial charge in [-0.05, 0) is 26.0 Å². The molecule has 0 fully saturated rings. The Hall–Kier alpha value is -1.88. The fraction of sp³-hybridized carbons (Fsp3) is 0.333. The van der Waals surface area contributed by atoms with Crippen molar-refractivity contribution in [2.45, 2.75) is 27.2 Å². The summed E-state index contributed by atoms with van der Waals surface area (Å²) in [6.45, 7) is 6.48. The molecule has 1 N–H and O–H groups in total. The van der Waals surface area contributed by atoms with Gasteiger partial charge in [0.2, 0.25) is 5.88 Å². The molecule has 0 unspecified atom stereocenters. The van der Waals surface area contributed by atoms with Crippen LogP contribution in [0.1, 0.15) is 25.2 Å². The van der Waals surface area contributed by atoms with Crippen molar-refractivity contribution in [3.8, 4) is 11.6 Å². The van der Waals surface area contributed by atoms with Gasteiger partial charge in [0.15, 0.2) is 11.6 Å². The third-order valence-electron chi connectivity index (χ3n) is 2.93. The van der Waals surface area contributed by atoms with Crippen molar-refractivity contribution in [2.24, 2.45) is 0 Å². The van der Waals surface area contributed by atoms with Crippen LogP contribution in [0.25, 0.3) is 0 Å². The van der Waals surface area contributed by atoms with E-state index in [0.717, 1.165) is 12.1 Å². The van der Waals surface area contributed by atoms with Gasteiger partial charge in [0.05, 0.1) is 10.6 Å². The van der Waals surface area contributed by atoms with Gasteiger partial charge >= 0.3 is 0 Å². The molecule has 1 aromatic carbocycles. The van der Waals surface area contributed by atoms with E-state index < -0.39 is 5.82 Å². The van der Waals surface area contributed by atoms with Gasteiger partial charge in [-0.25, -0.2) is 9.37 Å². The van der Waals surface area contributed by atoms with Crippen LogP contribution in [-0.2, 0) is 6.42 Å². The van der Waals surface area contributed by atoms with Gasteiger partial charge in [0.25, 0.3) is 0 Å². The molecule has 1 aromatic heterocycles. The molecule has 0 saturated carbocycles. The highest BCUT2D eigenvalue weighted by molar-refractivity contribution is 6.30. The predicted octanol–water partition coefficient (Wildman–Crippen LogP) is 4.36. The summed E-state index contributed by atoms with van der Waals surface area (Å²) in [6, 6.07) is 4.61. The summed E-state index contributed by atoms with van der Waals surface area (Å²) in [4.78, 5) is 8.72. The molecular formula is C15H17ClFN3O. The van der Waals surface area contributed by atoms with Crippen LogP contribution in [0, 0.1) is 12.7 Å². The molecule has 0 amide bonds. The van der Waals surface area contributed by atoms with Crippen LogP contribution in [0.15, 0.2) is 18.2 Å². The predicted molar refractivity (Wildman–Crippen MR) is 81.8 cm³/mol. The van der Waals surface area contributed by atoms with Crippen molar-refractivity contribution < 1.29 is 9.13 Å². The van der Waals surface area contributed by atoms with Crippen LogP contribution in [0.4, 0.5) is 10.2 Å². The van der Waals surface area contributed by atoms with Gasteiger partial charge in [-0.15, -0.1) is 0 Å². The number of nitrogens with zero attached hydrogens (tertiary/aromatic N) is 2. The average molecular weight is 310 g/mol. The smallest absolute Gasteiger partial charge is 0.227 e. The first-order chi connectivity index (χ1) is 10.1. The second-order valence-corrected chi connectivity index (χ2v) is 4.86. The van der Waals surface area contributed by atoms with E-state index >= 15 is 0 Å². The molecule has 0 bridgehead atoms. The standard InChI is InChI=1S/C15H17ClFN3O/c1-4-12-19-14(18-5-2)9(3)15(20-12)21-11-8-6-7-10(16)13(11)17/h6-8H,4-5H2,1-3H3,(H,18,19,20). The number of aryl methyl sites for hydroxylation is 1. The molecule has 112 valence electrons. The summed E-state index contributed by atoms with van der Waals surface area (Å²) in [6.07, 6.45) is 0.660. The Balaban J connectivity index is 2.43. The molecule has 0 radical (unpaired) electrons. The maximum Gasteiger partial charge on any atom is 0.227 e. The van der Waals surface area contributed by atoms with Crippen molar-refractivity contribution >= 4 is 17.4 Å². The molecule has 0 aliphatic rings. The van der Waals surface area contributed by atoms with E-state index in [1.54, 1.807) is 6.07 Å². The Morgan fingerprint density at radius 1 is 1.29 bits per heavy atom. The molecular weight excluding hydrogens is 293 g/mol. The molecule has 6 heteroatoms. The molecule has 4 nitrogen and oxygen atoms in total. The summed E-state index contributed by atoms with van der Waals surface area (Å²) in [5.74, 6) is 1.11. The van der Waals surface area contributed by atoms with Crippen molar-refractivity contribution in [2.75, 3.05) is 11.9 Å². The summed E-state index contributed by atoms with van der Waals surface area (Å²) in [5, 5.41) is 3.17. The number of nitrogens with one attached hydrogen (secondary N) is 1. The molecule has 0 aliphatic heterocycles. The van der Waals surface area contributed by atoms with Crippen LogP contribution in [0.5, 0.6) is 11.6 Å². The quantitative estimate of drug-likeness (QED) is 0.891. The number of aromatic nitrogens is 2. The maximum absolute atomic E-state index is 13.9. The van der Waals surface area contributed by atoms with Crippen molar-refractivity contribution in [1.29, 1.82) is 0 Å². The minimum absolute atomic E-state index is 0.0156. The average Bonchev–Trinajstić information content (AvgIpc) is 2.48. The first-order valence-corrected chi connectivity index (χ1v) is 7.17. The largest absolute Gasteiger partial charge is 0.435 e. The van der Waals surface area contributed by atoms with Crippen molar-refractivity contribution in [1.82, 2.24) is 9.97 Å².